The van der Waals surface area contributed by atoms with Gasteiger partial charge in [-0.2, -0.15) is 0 Å². The van der Waals surface area contributed by atoms with Gasteiger partial charge < -0.3 is 15.0 Å². The van der Waals surface area contributed by atoms with Gasteiger partial charge in [0.05, 0.1) is 7.11 Å². The van der Waals surface area contributed by atoms with Crippen LogP contribution in [-0.2, 0) is 13.0 Å². The number of piperazine rings is 1. The predicted molar refractivity (Wildman–Crippen MR) is 129 cm³/mol. The minimum Gasteiger partial charge on any atom is -0.497 e. The van der Waals surface area contributed by atoms with Crippen LogP contribution in [0.2, 0.25) is 0 Å². The van der Waals surface area contributed by atoms with Crippen molar-refractivity contribution in [3.63, 3.8) is 0 Å². The standard InChI is InChI=1S/C27H31N3O2/c1-32-26-13-9-22(10-14-26)15-16-28-27(31)24-11-7-23(8-12-24)21-29-17-19-30(20-18-29)25-5-3-2-4-6-25/h2-14H,15-21H2,1H3,(H,28,31). The van der Waals surface area contributed by atoms with E-state index in [1.54, 1.807) is 7.11 Å². The third kappa shape index (κ3) is 5.89. The average Bonchev–Trinajstić information content (AvgIpc) is 2.86. The molecular formula is C27H31N3O2. The Balaban J connectivity index is 1.21. The maximum absolute atomic E-state index is 12.5. The number of hydrogen-bond donors (Lipinski definition) is 1. The Bertz CT molecular complexity index is 980. The lowest BCUT2D eigenvalue weighted by Crippen LogP contribution is -2.45. The van der Waals surface area contributed by atoms with Crippen molar-refractivity contribution in [1.82, 2.24) is 10.2 Å². The van der Waals surface area contributed by atoms with Crippen molar-refractivity contribution in [1.29, 1.82) is 0 Å². The molecule has 5 nitrogen and oxygen atoms in total. The molecule has 1 fully saturated rings. The number of ether oxygens (including phenoxy) is 1. The molecule has 0 aliphatic carbocycles. The predicted octanol–water partition coefficient (Wildman–Crippen LogP) is 3.99. The van der Waals surface area contributed by atoms with Crippen LogP contribution >= 0.6 is 0 Å². The largest absolute Gasteiger partial charge is 0.497 e. The lowest BCUT2D eigenvalue weighted by atomic mass is 10.1. The van der Waals surface area contributed by atoms with Crippen LogP contribution in [-0.4, -0.2) is 50.6 Å². The Morgan fingerprint density at radius 3 is 2.16 bits per heavy atom. The number of carbonyl (C=O) groups excluding carboxylic acids is 1. The van der Waals surface area contributed by atoms with Crippen LogP contribution < -0.4 is 15.0 Å². The Morgan fingerprint density at radius 1 is 0.844 bits per heavy atom. The minimum atomic E-state index is -0.0264. The molecule has 0 spiro atoms. The Morgan fingerprint density at radius 2 is 1.50 bits per heavy atom. The van der Waals surface area contributed by atoms with Crippen molar-refractivity contribution in [2.24, 2.45) is 0 Å². The van der Waals surface area contributed by atoms with E-state index in [-0.39, 0.29) is 5.91 Å². The quantitative estimate of drug-likeness (QED) is 0.588. The first kappa shape index (κ1) is 21.9. The number of carbonyl (C=O) groups is 1. The molecule has 1 amide bonds. The monoisotopic (exact) mass is 429 g/mol. The normalized spacial score (nSPS) is 14.2. The fraction of sp³-hybridized carbons (Fsp3) is 0.296. The first-order valence-corrected chi connectivity index (χ1v) is 11.2. The molecule has 0 bridgehead atoms. The summed E-state index contributed by atoms with van der Waals surface area (Å²) in [5.41, 5.74) is 4.42. The fourth-order valence-corrected chi connectivity index (χ4v) is 4.04. The summed E-state index contributed by atoms with van der Waals surface area (Å²) >= 11 is 0. The summed E-state index contributed by atoms with van der Waals surface area (Å²) < 4.78 is 5.18. The van der Waals surface area contributed by atoms with Crippen LogP contribution in [0.4, 0.5) is 5.69 Å². The van der Waals surface area contributed by atoms with Crippen molar-refractivity contribution in [3.8, 4) is 5.75 Å². The van der Waals surface area contributed by atoms with Crippen LogP contribution in [0.25, 0.3) is 0 Å². The summed E-state index contributed by atoms with van der Waals surface area (Å²) in [6.07, 6.45) is 0.794. The molecule has 3 aromatic rings. The van der Waals surface area contributed by atoms with Crippen LogP contribution in [0.3, 0.4) is 0 Å². The molecule has 3 aromatic carbocycles. The highest BCUT2D eigenvalue weighted by molar-refractivity contribution is 5.94. The highest BCUT2D eigenvalue weighted by Gasteiger charge is 2.17. The molecule has 0 saturated carbocycles. The smallest absolute Gasteiger partial charge is 0.251 e. The van der Waals surface area contributed by atoms with E-state index in [1.165, 1.54) is 16.8 Å². The van der Waals surface area contributed by atoms with Crippen LogP contribution in [0.5, 0.6) is 5.75 Å². The second-order valence-electron chi connectivity index (χ2n) is 8.15. The van der Waals surface area contributed by atoms with Crippen molar-refractivity contribution in [3.05, 3.63) is 95.6 Å². The summed E-state index contributed by atoms with van der Waals surface area (Å²) in [6.45, 7) is 5.70. The van der Waals surface area contributed by atoms with Crippen LogP contribution in [0.15, 0.2) is 78.9 Å². The molecule has 0 unspecified atom stereocenters. The van der Waals surface area contributed by atoms with Gasteiger partial charge in [-0.3, -0.25) is 9.69 Å². The molecule has 0 atom stereocenters. The Hall–Kier alpha value is -3.31. The summed E-state index contributed by atoms with van der Waals surface area (Å²) in [4.78, 5) is 17.4. The summed E-state index contributed by atoms with van der Waals surface area (Å²) in [5.74, 6) is 0.817. The van der Waals surface area contributed by atoms with Crippen LogP contribution in [0.1, 0.15) is 21.5 Å². The molecule has 1 aliphatic heterocycles. The number of amides is 1. The van der Waals surface area contributed by atoms with E-state index in [2.05, 4.69) is 57.6 Å². The average molecular weight is 430 g/mol. The Labute approximate surface area is 190 Å². The Kier molecular flexibility index (Phi) is 7.41. The first-order chi connectivity index (χ1) is 15.7. The van der Waals surface area contributed by atoms with E-state index in [9.17, 15) is 4.79 Å². The fourth-order valence-electron chi connectivity index (χ4n) is 4.04. The first-order valence-electron chi connectivity index (χ1n) is 11.2. The van der Waals surface area contributed by atoms with E-state index in [4.69, 9.17) is 4.74 Å². The number of anilines is 1. The number of hydrogen-bond acceptors (Lipinski definition) is 4. The zero-order chi connectivity index (χ0) is 22.2. The molecule has 0 aromatic heterocycles. The molecule has 32 heavy (non-hydrogen) atoms. The van der Waals surface area contributed by atoms with Gasteiger partial charge in [0.1, 0.15) is 5.75 Å². The van der Waals surface area contributed by atoms with E-state index in [0.717, 1.165) is 44.9 Å². The number of benzene rings is 3. The summed E-state index contributed by atoms with van der Waals surface area (Å²) in [7, 11) is 1.66. The van der Waals surface area contributed by atoms with E-state index >= 15 is 0 Å². The zero-order valence-corrected chi connectivity index (χ0v) is 18.7. The van der Waals surface area contributed by atoms with Gasteiger partial charge >= 0.3 is 0 Å². The molecular weight excluding hydrogens is 398 g/mol. The van der Waals surface area contributed by atoms with Gasteiger partial charge in [0, 0.05) is 50.5 Å². The number of methoxy groups -OCH3 is 1. The topological polar surface area (TPSA) is 44.8 Å². The lowest BCUT2D eigenvalue weighted by Gasteiger charge is -2.36. The van der Waals surface area contributed by atoms with Gasteiger partial charge in [0.25, 0.3) is 5.91 Å². The summed E-state index contributed by atoms with van der Waals surface area (Å²) in [6, 6.07) is 26.5. The maximum Gasteiger partial charge on any atom is 0.251 e. The highest BCUT2D eigenvalue weighted by Crippen LogP contribution is 2.17. The van der Waals surface area contributed by atoms with Crippen molar-refractivity contribution >= 4 is 11.6 Å². The minimum absolute atomic E-state index is 0.0264. The van der Waals surface area contributed by atoms with Gasteiger partial charge in [-0.1, -0.05) is 42.5 Å². The second kappa shape index (κ2) is 10.8. The third-order valence-electron chi connectivity index (χ3n) is 5.97. The second-order valence-corrected chi connectivity index (χ2v) is 8.15. The van der Waals surface area contributed by atoms with E-state index in [0.29, 0.717) is 12.1 Å². The SMILES string of the molecule is COc1ccc(CCNC(=O)c2ccc(CN3CCN(c4ccccc4)CC3)cc2)cc1. The maximum atomic E-state index is 12.5. The molecule has 4 rings (SSSR count). The number of nitrogens with one attached hydrogen (secondary N) is 1. The zero-order valence-electron chi connectivity index (χ0n) is 18.7. The van der Waals surface area contributed by atoms with Crippen molar-refractivity contribution in [2.75, 3.05) is 44.7 Å². The third-order valence-corrected chi connectivity index (χ3v) is 5.97. The highest BCUT2D eigenvalue weighted by atomic mass is 16.5. The molecule has 0 radical (unpaired) electrons. The van der Waals surface area contributed by atoms with E-state index in [1.807, 2.05) is 36.4 Å². The molecule has 1 heterocycles. The van der Waals surface area contributed by atoms with Gasteiger partial charge in [-0.05, 0) is 53.9 Å². The van der Waals surface area contributed by atoms with Gasteiger partial charge in [-0.25, -0.2) is 0 Å². The van der Waals surface area contributed by atoms with Crippen LogP contribution in [0, 0.1) is 0 Å². The molecule has 1 N–H and O–H groups in total. The number of para-hydroxylation sites is 1. The van der Waals surface area contributed by atoms with Crippen molar-refractivity contribution < 1.29 is 9.53 Å². The van der Waals surface area contributed by atoms with Gasteiger partial charge in [-0.15, -0.1) is 0 Å². The summed E-state index contributed by atoms with van der Waals surface area (Å²) in [5, 5.41) is 3.01. The number of rotatable bonds is 8. The number of nitrogens with zero attached hydrogens (tertiary/aromatic N) is 2. The van der Waals surface area contributed by atoms with Crippen molar-refractivity contribution in [2.45, 2.75) is 13.0 Å². The molecule has 1 aliphatic rings. The van der Waals surface area contributed by atoms with Gasteiger partial charge in [0.15, 0.2) is 0 Å². The molecule has 1 saturated heterocycles. The lowest BCUT2D eigenvalue weighted by molar-refractivity contribution is 0.0954. The molecule has 5 heteroatoms. The van der Waals surface area contributed by atoms with E-state index < -0.39 is 0 Å². The van der Waals surface area contributed by atoms with Gasteiger partial charge in [0.2, 0.25) is 0 Å². The molecule has 166 valence electrons.